The van der Waals surface area contributed by atoms with Crippen LogP contribution in [0.1, 0.15) is 36.1 Å². The predicted molar refractivity (Wildman–Crippen MR) is 102 cm³/mol. The normalized spacial score (nSPS) is 12.5. The summed E-state index contributed by atoms with van der Waals surface area (Å²) in [6.07, 6.45) is -21.0. The lowest BCUT2D eigenvalue weighted by Crippen LogP contribution is -2.32. The molecule has 0 aliphatic heterocycles. The van der Waals surface area contributed by atoms with Crippen LogP contribution in [0.5, 0.6) is 0 Å². The van der Waals surface area contributed by atoms with Crippen LogP contribution in [0.3, 0.4) is 0 Å². The number of alkyl halides is 12. The second-order valence-electron chi connectivity index (χ2n) is 6.55. The molecule has 0 unspecified atom stereocenters. The van der Waals surface area contributed by atoms with Crippen LogP contribution in [-0.4, -0.2) is 13.1 Å². The van der Waals surface area contributed by atoms with E-state index < -0.39 is 64.4 Å². The van der Waals surface area contributed by atoms with Crippen molar-refractivity contribution in [1.29, 1.82) is 0 Å². The van der Waals surface area contributed by atoms with Crippen LogP contribution in [0.2, 0.25) is 0 Å². The van der Waals surface area contributed by atoms with E-state index in [1.165, 1.54) is 0 Å². The molecule has 2 aromatic rings. The van der Waals surface area contributed by atoms with Gasteiger partial charge in [-0.1, -0.05) is 13.8 Å². The second-order valence-corrected chi connectivity index (χ2v) is 6.55. The number of benzene rings is 2. The van der Waals surface area contributed by atoms with Crippen molar-refractivity contribution in [3.05, 3.63) is 58.7 Å². The molecule has 2 amide bonds. The third-order valence-electron chi connectivity index (χ3n) is 4.10. The monoisotopic (exact) mass is 528 g/mol. The minimum absolute atomic E-state index is 0.119. The molecule has 0 saturated heterocycles. The summed E-state index contributed by atoms with van der Waals surface area (Å²) in [5, 5.41) is 1.61. The van der Waals surface area contributed by atoms with Crippen LogP contribution in [0.15, 0.2) is 36.4 Å². The van der Waals surface area contributed by atoms with Crippen molar-refractivity contribution < 1.29 is 57.5 Å². The lowest BCUT2D eigenvalue weighted by Gasteiger charge is -2.22. The standard InChI is InChI=1S/C18H10F12N2O.C2H6/c1-32(13-6-10(17(25,26)27)3-11(7-13)18(28,29)30)14(33)31-12-4-8(15(19,20)21)2-9(5-12)16(22,23)24;1-2/h2-7H,1H3,(H,31,33);1-2H3. The van der Waals surface area contributed by atoms with E-state index in [0.717, 1.165) is 0 Å². The average molecular weight is 528 g/mol. The first-order valence-corrected chi connectivity index (χ1v) is 9.33. The summed E-state index contributed by atoms with van der Waals surface area (Å²) < 4.78 is 155. The first-order chi connectivity index (χ1) is 15.7. The van der Waals surface area contributed by atoms with E-state index in [2.05, 4.69) is 0 Å². The van der Waals surface area contributed by atoms with Gasteiger partial charge in [0.1, 0.15) is 0 Å². The molecule has 0 atom stereocenters. The molecule has 0 heterocycles. The van der Waals surface area contributed by atoms with Gasteiger partial charge in [0.2, 0.25) is 0 Å². The number of nitrogens with zero attached hydrogens (tertiary/aromatic N) is 1. The number of halogens is 12. The van der Waals surface area contributed by atoms with Crippen LogP contribution in [0.4, 0.5) is 68.9 Å². The molecule has 0 bridgehead atoms. The molecule has 2 rings (SSSR count). The Kier molecular flexibility index (Phi) is 8.75. The summed E-state index contributed by atoms with van der Waals surface area (Å²) >= 11 is 0. The Hall–Kier alpha value is -3.13. The molecule has 0 radical (unpaired) electrons. The topological polar surface area (TPSA) is 32.3 Å². The van der Waals surface area contributed by atoms with Crippen LogP contribution < -0.4 is 10.2 Å². The van der Waals surface area contributed by atoms with E-state index in [-0.39, 0.29) is 41.3 Å². The first kappa shape index (κ1) is 29.9. The number of carbonyl (C=O) groups excluding carboxylic acids is 1. The maximum absolute atomic E-state index is 13.0. The number of carbonyl (C=O) groups is 1. The molecule has 1 N–H and O–H groups in total. The summed E-state index contributed by atoms with van der Waals surface area (Å²) in [7, 11) is 0.670. The summed E-state index contributed by atoms with van der Waals surface area (Å²) in [5.41, 5.74) is -9.19. The largest absolute Gasteiger partial charge is 0.416 e. The third kappa shape index (κ3) is 7.96. The van der Waals surface area contributed by atoms with Gasteiger partial charge in [-0.3, -0.25) is 4.90 Å². The second kappa shape index (κ2) is 10.2. The number of amides is 2. The van der Waals surface area contributed by atoms with Crippen LogP contribution in [0, 0.1) is 0 Å². The van der Waals surface area contributed by atoms with E-state index in [0.29, 0.717) is 7.05 Å². The van der Waals surface area contributed by atoms with Crippen molar-refractivity contribution in [2.75, 3.05) is 17.3 Å². The van der Waals surface area contributed by atoms with Gasteiger partial charge in [0.15, 0.2) is 0 Å². The molecule has 0 aliphatic carbocycles. The molecular weight excluding hydrogens is 512 g/mol. The fourth-order valence-corrected chi connectivity index (χ4v) is 2.48. The van der Waals surface area contributed by atoms with Gasteiger partial charge in [-0.05, 0) is 36.4 Å². The molecule has 0 saturated carbocycles. The van der Waals surface area contributed by atoms with Crippen molar-refractivity contribution in [3.8, 4) is 0 Å². The Bertz CT molecular complexity index is 972. The summed E-state index contributed by atoms with van der Waals surface area (Å²) in [6.45, 7) is 4.00. The SMILES string of the molecule is CC.CN(C(=O)Nc1cc(C(F)(F)F)cc(C(F)(F)F)c1)c1cc(C(F)(F)F)cc(C(F)(F)F)c1. The zero-order chi connectivity index (χ0) is 27.6. The van der Waals surface area contributed by atoms with Crippen molar-refractivity contribution in [1.82, 2.24) is 0 Å². The molecule has 0 fully saturated rings. The van der Waals surface area contributed by atoms with Gasteiger partial charge in [-0.25, -0.2) is 4.79 Å². The molecule has 3 nitrogen and oxygen atoms in total. The van der Waals surface area contributed by atoms with Crippen molar-refractivity contribution in [3.63, 3.8) is 0 Å². The van der Waals surface area contributed by atoms with Crippen LogP contribution in [-0.2, 0) is 24.7 Å². The first-order valence-electron chi connectivity index (χ1n) is 9.33. The fourth-order valence-electron chi connectivity index (χ4n) is 2.48. The molecule has 2 aromatic carbocycles. The van der Waals surface area contributed by atoms with Crippen molar-refractivity contribution >= 4 is 17.4 Å². The highest BCUT2D eigenvalue weighted by Crippen LogP contribution is 2.39. The van der Waals surface area contributed by atoms with Crippen LogP contribution in [0.25, 0.3) is 0 Å². The highest BCUT2D eigenvalue weighted by atomic mass is 19.4. The lowest BCUT2D eigenvalue weighted by molar-refractivity contribution is -0.144. The number of nitrogens with one attached hydrogen (secondary N) is 1. The molecule has 0 aromatic heterocycles. The van der Waals surface area contributed by atoms with E-state index >= 15 is 0 Å². The highest BCUT2D eigenvalue weighted by Gasteiger charge is 2.39. The van der Waals surface area contributed by atoms with Gasteiger partial charge in [-0.2, -0.15) is 52.7 Å². The van der Waals surface area contributed by atoms with E-state index in [9.17, 15) is 57.5 Å². The highest BCUT2D eigenvalue weighted by molar-refractivity contribution is 6.01. The fraction of sp³-hybridized carbons (Fsp3) is 0.350. The smallest absolute Gasteiger partial charge is 0.308 e. The Morgan fingerprint density at radius 2 is 0.886 bits per heavy atom. The Morgan fingerprint density at radius 1 is 0.600 bits per heavy atom. The summed E-state index contributed by atoms with van der Waals surface area (Å²) in [6, 6.07) is -1.51. The van der Waals surface area contributed by atoms with E-state index in [4.69, 9.17) is 0 Å². The third-order valence-corrected chi connectivity index (χ3v) is 4.10. The Labute approximate surface area is 190 Å². The number of hydrogen-bond acceptors (Lipinski definition) is 1. The molecule has 35 heavy (non-hydrogen) atoms. The van der Waals surface area contributed by atoms with Crippen molar-refractivity contribution in [2.24, 2.45) is 0 Å². The number of urea groups is 1. The molecule has 196 valence electrons. The van der Waals surface area contributed by atoms with Crippen LogP contribution >= 0.6 is 0 Å². The number of hydrogen-bond donors (Lipinski definition) is 1. The zero-order valence-corrected chi connectivity index (χ0v) is 17.9. The minimum atomic E-state index is -5.25. The van der Waals surface area contributed by atoms with Gasteiger partial charge >= 0.3 is 30.7 Å². The average Bonchev–Trinajstić information content (AvgIpc) is 2.71. The summed E-state index contributed by atoms with van der Waals surface area (Å²) in [4.78, 5) is 12.4. The van der Waals surface area contributed by atoms with Gasteiger partial charge in [0.25, 0.3) is 0 Å². The van der Waals surface area contributed by atoms with Gasteiger partial charge in [0.05, 0.1) is 22.3 Å². The lowest BCUT2D eigenvalue weighted by atomic mass is 10.1. The molecule has 0 spiro atoms. The van der Waals surface area contributed by atoms with Gasteiger partial charge in [-0.15, -0.1) is 0 Å². The molecular formula is C20H16F12N2O. The number of anilines is 2. The predicted octanol–water partition coefficient (Wildman–Crippen LogP) is 8.46. The van der Waals surface area contributed by atoms with E-state index in [1.54, 1.807) is 5.32 Å². The maximum atomic E-state index is 13.0. The number of rotatable bonds is 2. The maximum Gasteiger partial charge on any atom is 0.416 e. The summed E-state index contributed by atoms with van der Waals surface area (Å²) in [5.74, 6) is 0. The quantitative estimate of drug-likeness (QED) is 0.390. The molecule has 15 heteroatoms. The van der Waals surface area contributed by atoms with Crippen molar-refractivity contribution in [2.45, 2.75) is 38.6 Å². The van der Waals surface area contributed by atoms with Gasteiger partial charge in [0, 0.05) is 18.4 Å². The molecule has 0 aliphatic rings. The Morgan fingerprint density at radius 3 is 1.17 bits per heavy atom. The van der Waals surface area contributed by atoms with Gasteiger partial charge < -0.3 is 5.32 Å². The minimum Gasteiger partial charge on any atom is -0.308 e. The van der Waals surface area contributed by atoms with E-state index in [1.807, 2.05) is 13.8 Å². The Balaban J connectivity index is 0.00000298. The zero-order valence-electron chi connectivity index (χ0n) is 17.9.